The quantitative estimate of drug-likeness (QED) is 0.796. The zero-order valence-electron chi connectivity index (χ0n) is 12.1. The van der Waals surface area contributed by atoms with E-state index >= 15 is 0 Å². The van der Waals surface area contributed by atoms with Crippen LogP contribution in [-0.2, 0) is 0 Å². The van der Waals surface area contributed by atoms with Crippen LogP contribution in [0.5, 0.6) is 0 Å². The molecule has 1 unspecified atom stereocenters. The Bertz CT molecular complexity index is 213. The molecule has 0 amide bonds. The summed E-state index contributed by atoms with van der Waals surface area (Å²) in [5.74, 6) is 0. The molecule has 2 heteroatoms. The fourth-order valence-electron chi connectivity index (χ4n) is 2.90. The highest BCUT2D eigenvalue weighted by atomic mass is 15.3. The molecular weight excluding hydrogens is 196 g/mol. The van der Waals surface area contributed by atoms with Crippen LogP contribution in [0.1, 0.15) is 54.4 Å². The van der Waals surface area contributed by atoms with E-state index in [0.29, 0.717) is 17.0 Å². The lowest BCUT2D eigenvalue weighted by Gasteiger charge is -2.52. The maximum absolute atomic E-state index is 3.77. The van der Waals surface area contributed by atoms with Crippen molar-refractivity contribution in [2.75, 3.05) is 19.6 Å². The Morgan fingerprint density at radius 1 is 1.19 bits per heavy atom. The van der Waals surface area contributed by atoms with Crippen LogP contribution in [0.4, 0.5) is 0 Å². The second-order valence-electron chi connectivity index (χ2n) is 6.27. The largest absolute Gasteiger partial charge is 0.310 e. The summed E-state index contributed by atoms with van der Waals surface area (Å²) in [6.07, 6.45) is 2.50. The predicted molar refractivity (Wildman–Crippen MR) is 71.8 cm³/mol. The second kappa shape index (κ2) is 5.05. The lowest BCUT2D eigenvalue weighted by Crippen LogP contribution is -2.66. The van der Waals surface area contributed by atoms with Gasteiger partial charge in [0, 0.05) is 24.7 Å². The van der Waals surface area contributed by atoms with Crippen LogP contribution in [0.15, 0.2) is 0 Å². The Labute approximate surface area is 102 Å². The van der Waals surface area contributed by atoms with E-state index in [1.807, 2.05) is 0 Å². The molecule has 1 saturated heterocycles. The summed E-state index contributed by atoms with van der Waals surface area (Å²) in [6, 6.07) is 0.624. The number of hydrogen-bond donors (Lipinski definition) is 1. The highest BCUT2D eigenvalue weighted by molar-refractivity contribution is 4.99. The van der Waals surface area contributed by atoms with E-state index in [2.05, 4.69) is 51.8 Å². The van der Waals surface area contributed by atoms with Crippen molar-refractivity contribution < 1.29 is 0 Å². The van der Waals surface area contributed by atoms with Crippen LogP contribution in [0, 0.1) is 5.41 Å². The summed E-state index contributed by atoms with van der Waals surface area (Å²) in [6.45, 7) is 17.5. The van der Waals surface area contributed by atoms with Crippen molar-refractivity contribution in [1.82, 2.24) is 10.2 Å². The Balaban J connectivity index is 2.78. The van der Waals surface area contributed by atoms with Gasteiger partial charge in [-0.2, -0.15) is 0 Å². The van der Waals surface area contributed by atoms with Crippen molar-refractivity contribution in [3.8, 4) is 0 Å². The highest BCUT2D eigenvalue weighted by Crippen LogP contribution is 2.31. The minimum atomic E-state index is 0.362. The van der Waals surface area contributed by atoms with Crippen molar-refractivity contribution in [1.29, 1.82) is 0 Å². The van der Waals surface area contributed by atoms with Crippen LogP contribution in [0.25, 0.3) is 0 Å². The molecule has 16 heavy (non-hydrogen) atoms. The molecule has 0 saturated carbocycles. The number of rotatable bonds is 3. The predicted octanol–water partition coefficient (Wildman–Crippen LogP) is 2.89. The van der Waals surface area contributed by atoms with Gasteiger partial charge in [-0.15, -0.1) is 0 Å². The van der Waals surface area contributed by atoms with Crippen LogP contribution in [0.3, 0.4) is 0 Å². The van der Waals surface area contributed by atoms with Crippen LogP contribution in [-0.4, -0.2) is 36.1 Å². The Kier molecular flexibility index (Phi) is 4.42. The molecule has 1 aliphatic rings. The van der Waals surface area contributed by atoms with Crippen molar-refractivity contribution in [3.05, 3.63) is 0 Å². The number of hydrogen-bond acceptors (Lipinski definition) is 2. The monoisotopic (exact) mass is 226 g/mol. The zero-order chi connectivity index (χ0) is 12.4. The molecule has 96 valence electrons. The van der Waals surface area contributed by atoms with E-state index in [1.165, 1.54) is 25.9 Å². The first-order chi connectivity index (χ1) is 7.39. The van der Waals surface area contributed by atoms with Gasteiger partial charge in [0.05, 0.1) is 0 Å². The number of likely N-dealkylation sites (N-methyl/N-ethyl adjacent to an activating group) is 1. The maximum Gasteiger partial charge on any atom is 0.0329 e. The van der Waals surface area contributed by atoms with Gasteiger partial charge in [0.25, 0.3) is 0 Å². The van der Waals surface area contributed by atoms with Crippen molar-refractivity contribution >= 4 is 0 Å². The molecular formula is C14H30N2. The van der Waals surface area contributed by atoms with Crippen LogP contribution >= 0.6 is 0 Å². The van der Waals surface area contributed by atoms with Gasteiger partial charge in [0.1, 0.15) is 0 Å². The summed E-state index contributed by atoms with van der Waals surface area (Å²) in [5.41, 5.74) is 0.761. The Hall–Kier alpha value is -0.0800. The lowest BCUT2D eigenvalue weighted by molar-refractivity contribution is 0.0119. The summed E-state index contributed by atoms with van der Waals surface area (Å²) >= 11 is 0. The first kappa shape index (κ1) is 14.0. The molecule has 0 aromatic carbocycles. The molecule has 1 fully saturated rings. The average molecular weight is 226 g/mol. The molecule has 1 atom stereocenters. The number of nitrogens with one attached hydrogen (secondary N) is 1. The molecule has 0 spiro atoms. The average Bonchev–Trinajstić information content (AvgIpc) is 2.26. The van der Waals surface area contributed by atoms with E-state index in [4.69, 9.17) is 0 Å². The van der Waals surface area contributed by atoms with Gasteiger partial charge in [0.15, 0.2) is 0 Å². The smallest absolute Gasteiger partial charge is 0.0329 e. The minimum Gasteiger partial charge on any atom is -0.310 e. The number of nitrogens with zero attached hydrogens (tertiary/aromatic N) is 1. The van der Waals surface area contributed by atoms with Gasteiger partial charge in [-0.25, -0.2) is 0 Å². The van der Waals surface area contributed by atoms with Crippen molar-refractivity contribution in [2.24, 2.45) is 5.41 Å². The minimum absolute atomic E-state index is 0.362. The molecule has 1 aliphatic heterocycles. The van der Waals surface area contributed by atoms with Gasteiger partial charge in [-0.1, -0.05) is 41.5 Å². The Morgan fingerprint density at radius 3 is 2.12 bits per heavy atom. The lowest BCUT2D eigenvalue weighted by atomic mass is 9.80. The zero-order valence-corrected chi connectivity index (χ0v) is 12.1. The van der Waals surface area contributed by atoms with Gasteiger partial charge in [-0.3, -0.25) is 4.90 Å². The third-order valence-corrected chi connectivity index (χ3v) is 4.49. The van der Waals surface area contributed by atoms with Crippen LogP contribution in [0.2, 0.25) is 0 Å². The first-order valence-corrected chi connectivity index (χ1v) is 6.88. The number of piperazine rings is 1. The summed E-state index contributed by atoms with van der Waals surface area (Å²) in [5, 5.41) is 3.77. The molecule has 1 N–H and O–H groups in total. The van der Waals surface area contributed by atoms with E-state index in [-0.39, 0.29) is 0 Å². The normalized spacial score (nSPS) is 27.0. The molecule has 0 aliphatic carbocycles. The van der Waals surface area contributed by atoms with Crippen molar-refractivity contribution in [2.45, 2.75) is 66.0 Å². The summed E-state index contributed by atoms with van der Waals surface area (Å²) < 4.78 is 0. The molecule has 2 nitrogen and oxygen atoms in total. The summed E-state index contributed by atoms with van der Waals surface area (Å²) in [4.78, 5) is 2.69. The topological polar surface area (TPSA) is 15.3 Å². The molecule has 0 aromatic rings. The maximum atomic E-state index is 3.77. The molecule has 1 heterocycles. The van der Waals surface area contributed by atoms with E-state index in [0.717, 1.165) is 6.54 Å². The first-order valence-electron chi connectivity index (χ1n) is 6.88. The second-order valence-corrected chi connectivity index (χ2v) is 6.27. The van der Waals surface area contributed by atoms with Gasteiger partial charge < -0.3 is 5.32 Å². The molecule has 0 bridgehead atoms. The van der Waals surface area contributed by atoms with Gasteiger partial charge in [-0.05, 0) is 24.8 Å². The SMILES string of the molecule is CCN1CC(C(C)(C)C)NCC1(CC)CC. The summed E-state index contributed by atoms with van der Waals surface area (Å²) in [7, 11) is 0. The third kappa shape index (κ3) is 2.60. The standard InChI is InChI=1S/C14H30N2/c1-7-14(8-2)11-15-12(13(4,5)6)10-16(14)9-3/h12,15H,7-11H2,1-6H3. The highest BCUT2D eigenvalue weighted by Gasteiger charge is 2.40. The fourth-order valence-corrected chi connectivity index (χ4v) is 2.90. The Morgan fingerprint density at radius 2 is 1.75 bits per heavy atom. The van der Waals surface area contributed by atoms with Crippen molar-refractivity contribution in [3.63, 3.8) is 0 Å². The fraction of sp³-hybridized carbons (Fsp3) is 1.00. The van der Waals surface area contributed by atoms with Gasteiger partial charge >= 0.3 is 0 Å². The van der Waals surface area contributed by atoms with E-state index < -0.39 is 0 Å². The molecule has 0 aromatic heterocycles. The van der Waals surface area contributed by atoms with E-state index in [1.54, 1.807) is 0 Å². The van der Waals surface area contributed by atoms with Crippen LogP contribution < -0.4 is 5.32 Å². The molecule has 1 rings (SSSR count). The van der Waals surface area contributed by atoms with E-state index in [9.17, 15) is 0 Å². The third-order valence-electron chi connectivity index (χ3n) is 4.49. The van der Waals surface area contributed by atoms with Gasteiger partial charge in [0.2, 0.25) is 0 Å². The molecule has 0 radical (unpaired) electrons.